The molecule has 1 heterocycles. The maximum absolute atomic E-state index is 6.25. The lowest BCUT2D eigenvalue weighted by Gasteiger charge is -2.18. The van der Waals surface area contributed by atoms with E-state index in [-0.39, 0.29) is 6.04 Å². The number of methoxy groups -OCH3 is 1. The van der Waals surface area contributed by atoms with E-state index in [4.69, 9.17) is 15.2 Å². The number of benzene rings is 1. The Bertz CT molecular complexity index is 354. The van der Waals surface area contributed by atoms with Crippen LogP contribution in [0.25, 0.3) is 0 Å². The maximum atomic E-state index is 6.25. The highest BCUT2D eigenvalue weighted by Crippen LogP contribution is 2.31. The van der Waals surface area contributed by atoms with Crippen LogP contribution in [0.4, 0.5) is 0 Å². The van der Waals surface area contributed by atoms with E-state index in [1.165, 1.54) is 0 Å². The average Bonchev–Trinajstić information content (AvgIpc) is 2.75. The van der Waals surface area contributed by atoms with Gasteiger partial charge in [0.05, 0.1) is 19.8 Å². The highest BCUT2D eigenvalue weighted by atomic mass is 16.5. The monoisotopic (exact) mass is 221 g/mol. The maximum Gasteiger partial charge on any atom is 0.119 e. The third-order valence-electron chi connectivity index (χ3n) is 3.22. The van der Waals surface area contributed by atoms with Crippen LogP contribution in [0.3, 0.4) is 0 Å². The average molecular weight is 221 g/mol. The number of ether oxygens (including phenoxy) is 2. The summed E-state index contributed by atoms with van der Waals surface area (Å²) in [6, 6.07) is 8.02. The van der Waals surface area contributed by atoms with Crippen LogP contribution in [0.15, 0.2) is 24.3 Å². The molecule has 0 aromatic heterocycles. The molecule has 0 saturated carbocycles. The van der Waals surface area contributed by atoms with Crippen molar-refractivity contribution in [3.8, 4) is 5.75 Å². The van der Waals surface area contributed by atoms with Crippen molar-refractivity contribution in [3.05, 3.63) is 29.8 Å². The van der Waals surface area contributed by atoms with E-state index >= 15 is 0 Å². The second-order valence-electron chi connectivity index (χ2n) is 4.44. The van der Waals surface area contributed by atoms with Gasteiger partial charge in [0.2, 0.25) is 0 Å². The quantitative estimate of drug-likeness (QED) is 0.850. The fourth-order valence-electron chi connectivity index (χ4n) is 2.22. The van der Waals surface area contributed by atoms with E-state index in [0.29, 0.717) is 12.0 Å². The number of hydrogen-bond donors (Lipinski definition) is 1. The summed E-state index contributed by atoms with van der Waals surface area (Å²) in [5, 5.41) is 0. The van der Waals surface area contributed by atoms with Gasteiger partial charge in [-0.3, -0.25) is 0 Å². The van der Waals surface area contributed by atoms with E-state index in [1.54, 1.807) is 7.11 Å². The fraction of sp³-hybridized carbons (Fsp3) is 0.538. The summed E-state index contributed by atoms with van der Waals surface area (Å²) in [7, 11) is 1.67. The Morgan fingerprint density at radius 2 is 2.31 bits per heavy atom. The lowest BCUT2D eigenvalue weighted by atomic mass is 9.92. The molecule has 0 spiro atoms. The molecule has 1 saturated heterocycles. The van der Waals surface area contributed by atoms with E-state index in [2.05, 4.69) is 13.0 Å². The van der Waals surface area contributed by atoms with Gasteiger partial charge in [-0.15, -0.1) is 0 Å². The second-order valence-corrected chi connectivity index (χ2v) is 4.44. The molecule has 0 aliphatic carbocycles. The van der Waals surface area contributed by atoms with Crippen LogP contribution in [-0.4, -0.2) is 19.8 Å². The summed E-state index contributed by atoms with van der Waals surface area (Å²) in [6.45, 7) is 2.86. The molecule has 3 nitrogen and oxygen atoms in total. The van der Waals surface area contributed by atoms with Crippen LogP contribution in [0.1, 0.15) is 24.9 Å². The first-order valence-electron chi connectivity index (χ1n) is 5.72. The first-order chi connectivity index (χ1) is 7.70. The number of nitrogens with two attached hydrogens (primary N) is 1. The van der Waals surface area contributed by atoms with E-state index < -0.39 is 0 Å². The predicted molar refractivity (Wildman–Crippen MR) is 63.4 cm³/mol. The first kappa shape index (κ1) is 11.4. The van der Waals surface area contributed by atoms with Crippen molar-refractivity contribution in [1.82, 2.24) is 0 Å². The highest BCUT2D eigenvalue weighted by molar-refractivity contribution is 5.30. The van der Waals surface area contributed by atoms with Crippen molar-refractivity contribution in [1.29, 1.82) is 0 Å². The zero-order chi connectivity index (χ0) is 11.5. The predicted octanol–water partition coefficient (Wildman–Crippen LogP) is 2.12. The molecule has 3 unspecified atom stereocenters. The lowest BCUT2D eigenvalue weighted by molar-refractivity contribution is 0.118. The molecule has 1 aliphatic heterocycles. The Hall–Kier alpha value is -1.06. The van der Waals surface area contributed by atoms with Gasteiger partial charge in [0, 0.05) is 12.0 Å². The highest BCUT2D eigenvalue weighted by Gasteiger charge is 2.28. The molecule has 3 heteroatoms. The molecule has 16 heavy (non-hydrogen) atoms. The van der Waals surface area contributed by atoms with E-state index in [0.717, 1.165) is 24.3 Å². The standard InChI is InChI=1S/C13H19NO2/c1-9-6-11(8-16-9)13(14)10-4-3-5-12(7-10)15-2/h3-5,7,9,11,13H,6,8,14H2,1-2H3. The molecular weight excluding hydrogens is 202 g/mol. The normalized spacial score (nSPS) is 26.7. The largest absolute Gasteiger partial charge is 0.497 e. The Morgan fingerprint density at radius 3 is 2.94 bits per heavy atom. The molecule has 2 N–H and O–H groups in total. The number of rotatable bonds is 3. The Kier molecular flexibility index (Phi) is 3.46. The molecule has 0 radical (unpaired) electrons. The van der Waals surface area contributed by atoms with Crippen molar-refractivity contribution in [2.75, 3.05) is 13.7 Å². The van der Waals surface area contributed by atoms with Gasteiger partial charge in [0.25, 0.3) is 0 Å². The lowest BCUT2D eigenvalue weighted by Crippen LogP contribution is -2.21. The van der Waals surface area contributed by atoms with Gasteiger partial charge in [-0.25, -0.2) is 0 Å². The summed E-state index contributed by atoms with van der Waals surface area (Å²) in [5.74, 6) is 1.28. The Morgan fingerprint density at radius 1 is 1.50 bits per heavy atom. The molecular formula is C13H19NO2. The summed E-state index contributed by atoms with van der Waals surface area (Å²) in [4.78, 5) is 0. The van der Waals surface area contributed by atoms with Crippen LogP contribution >= 0.6 is 0 Å². The van der Waals surface area contributed by atoms with Crippen LogP contribution in [0.5, 0.6) is 5.75 Å². The SMILES string of the molecule is COc1cccc(C(N)C2COC(C)C2)c1. The smallest absolute Gasteiger partial charge is 0.119 e. The topological polar surface area (TPSA) is 44.5 Å². The molecule has 88 valence electrons. The van der Waals surface area contributed by atoms with Gasteiger partial charge in [0.15, 0.2) is 0 Å². The first-order valence-corrected chi connectivity index (χ1v) is 5.72. The van der Waals surface area contributed by atoms with Crippen molar-refractivity contribution in [3.63, 3.8) is 0 Å². The molecule has 2 rings (SSSR count). The van der Waals surface area contributed by atoms with Crippen LogP contribution in [0, 0.1) is 5.92 Å². The molecule has 1 aromatic carbocycles. The minimum absolute atomic E-state index is 0.0417. The minimum Gasteiger partial charge on any atom is -0.497 e. The van der Waals surface area contributed by atoms with Gasteiger partial charge in [-0.05, 0) is 31.0 Å². The van der Waals surface area contributed by atoms with Gasteiger partial charge in [0.1, 0.15) is 5.75 Å². The fourth-order valence-corrected chi connectivity index (χ4v) is 2.22. The van der Waals surface area contributed by atoms with Gasteiger partial charge < -0.3 is 15.2 Å². The van der Waals surface area contributed by atoms with E-state index in [1.807, 2.05) is 18.2 Å². The van der Waals surface area contributed by atoms with Crippen LogP contribution in [0.2, 0.25) is 0 Å². The summed E-state index contributed by atoms with van der Waals surface area (Å²) < 4.78 is 10.8. The van der Waals surface area contributed by atoms with Gasteiger partial charge >= 0.3 is 0 Å². The molecule has 1 aromatic rings. The van der Waals surface area contributed by atoms with Crippen LogP contribution in [-0.2, 0) is 4.74 Å². The van der Waals surface area contributed by atoms with Crippen molar-refractivity contribution < 1.29 is 9.47 Å². The number of hydrogen-bond acceptors (Lipinski definition) is 3. The third kappa shape index (κ3) is 2.36. The molecule has 1 aliphatic rings. The third-order valence-corrected chi connectivity index (χ3v) is 3.22. The van der Waals surface area contributed by atoms with Gasteiger partial charge in [-0.1, -0.05) is 12.1 Å². The zero-order valence-electron chi connectivity index (χ0n) is 9.85. The minimum atomic E-state index is 0.0417. The summed E-state index contributed by atoms with van der Waals surface area (Å²) in [5.41, 5.74) is 7.38. The summed E-state index contributed by atoms with van der Waals surface area (Å²) in [6.07, 6.45) is 1.37. The molecule has 0 bridgehead atoms. The van der Waals surface area contributed by atoms with Crippen LogP contribution < -0.4 is 10.5 Å². The summed E-state index contributed by atoms with van der Waals surface area (Å²) >= 11 is 0. The van der Waals surface area contributed by atoms with Crippen molar-refractivity contribution in [2.45, 2.75) is 25.5 Å². The zero-order valence-corrected chi connectivity index (χ0v) is 9.85. The van der Waals surface area contributed by atoms with Crippen molar-refractivity contribution in [2.24, 2.45) is 11.7 Å². The second kappa shape index (κ2) is 4.85. The van der Waals surface area contributed by atoms with E-state index in [9.17, 15) is 0 Å². The molecule has 3 atom stereocenters. The Balaban J connectivity index is 2.10. The van der Waals surface area contributed by atoms with Crippen molar-refractivity contribution >= 4 is 0 Å². The molecule has 0 amide bonds. The Labute approximate surface area is 96.5 Å². The molecule has 1 fully saturated rings. The van der Waals surface area contributed by atoms with Gasteiger partial charge in [-0.2, -0.15) is 0 Å².